The van der Waals surface area contributed by atoms with Gasteiger partial charge in [0.25, 0.3) is 5.91 Å². The molecule has 1 N–H and O–H groups in total. The molecule has 3 aromatic rings. The fraction of sp³-hybridized carbons (Fsp3) is 0.133. The molecule has 0 aliphatic heterocycles. The fourth-order valence-corrected chi connectivity index (χ4v) is 2.59. The molecule has 1 aromatic carbocycles. The number of hydrogen-bond donors (Lipinski definition) is 1. The van der Waals surface area contributed by atoms with Gasteiger partial charge in [-0.1, -0.05) is 11.6 Å². The van der Waals surface area contributed by atoms with Crippen LogP contribution < -0.4 is 5.32 Å². The van der Waals surface area contributed by atoms with Gasteiger partial charge < -0.3 is 5.32 Å². The smallest absolute Gasteiger partial charge is 0.315 e. The number of amides is 1. The first-order chi connectivity index (χ1) is 13.3. The molecule has 0 radical (unpaired) electrons. The van der Waals surface area contributed by atoms with Crippen molar-refractivity contribution >= 4 is 28.8 Å². The fourth-order valence-electron chi connectivity index (χ4n) is 2.35. The SMILES string of the molecule is Cc1cc(C(F)(F)F)n2nc(C(=O)Nc3c(F)c(F)c(F)c(F)c3F)c(Cl)c2n1. The molecular weight excluding hydrogens is 440 g/mol. The molecule has 29 heavy (non-hydrogen) atoms. The van der Waals surface area contributed by atoms with E-state index in [1.165, 1.54) is 12.2 Å². The minimum Gasteiger partial charge on any atom is -0.315 e. The first kappa shape index (κ1) is 20.8. The zero-order valence-electron chi connectivity index (χ0n) is 13.7. The molecule has 2 aromatic heterocycles. The molecule has 0 saturated carbocycles. The summed E-state index contributed by atoms with van der Waals surface area (Å²) in [5.74, 6) is -13.5. The molecule has 5 nitrogen and oxygen atoms in total. The number of carbonyl (C=O) groups excluding carboxylic acids is 1. The van der Waals surface area contributed by atoms with E-state index in [-0.39, 0.29) is 10.2 Å². The van der Waals surface area contributed by atoms with Crippen LogP contribution in [-0.4, -0.2) is 20.5 Å². The molecule has 14 heteroatoms. The highest BCUT2D eigenvalue weighted by molar-refractivity contribution is 6.37. The minimum atomic E-state index is -4.93. The summed E-state index contributed by atoms with van der Waals surface area (Å²) in [6.45, 7) is 1.20. The van der Waals surface area contributed by atoms with Gasteiger partial charge in [-0.3, -0.25) is 4.79 Å². The molecular formula is C15H5ClF8N4O. The van der Waals surface area contributed by atoms with Crippen LogP contribution >= 0.6 is 11.6 Å². The summed E-state index contributed by atoms with van der Waals surface area (Å²) in [6, 6.07) is 0.599. The second kappa shape index (κ2) is 6.83. The van der Waals surface area contributed by atoms with Crippen LogP contribution in [0.5, 0.6) is 0 Å². The van der Waals surface area contributed by atoms with E-state index in [0.717, 1.165) is 0 Å². The van der Waals surface area contributed by atoms with Crippen molar-refractivity contribution in [3.8, 4) is 0 Å². The number of anilines is 1. The summed E-state index contributed by atoms with van der Waals surface area (Å²) in [7, 11) is 0. The van der Waals surface area contributed by atoms with Gasteiger partial charge in [0.2, 0.25) is 5.82 Å². The summed E-state index contributed by atoms with van der Waals surface area (Å²) in [5.41, 5.74) is -4.82. The highest BCUT2D eigenvalue weighted by Gasteiger charge is 2.36. The second-order valence-corrected chi connectivity index (χ2v) is 5.96. The van der Waals surface area contributed by atoms with E-state index >= 15 is 0 Å². The third kappa shape index (κ3) is 3.34. The van der Waals surface area contributed by atoms with E-state index in [9.17, 15) is 39.9 Å². The van der Waals surface area contributed by atoms with Crippen LogP contribution in [0.2, 0.25) is 5.02 Å². The molecule has 2 heterocycles. The normalized spacial score (nSPS) is 11.9. The molecule has 0 fully saturated rings. The highest BCUT2D eigenvalue weighted by atomic mass is 35.5. The Morgan fingerprint density at radius 2 is 1.55 bits per heavy atom. The van der Waals surface area contributed by atoms with Crippen molar-refractivity contribution in [1.29, 1.82) is 0 Å². The Morgan fingerprint density at radius 3 is 2.07 bits per heavy atom. The van der Waals surface area contributed by atoms with E-state index in [0.29, 0.717) is 6.07 Å². The lowest BCUT2D eigenvalue weighted by molar-refractivity contribution is -0.142. The number of hydrogen-bond acceptors (Lipinski definition) is 3. The van der Waals surface area contributed by atoms with Crippen molar-refractivity contribution in [2.75, 3.05) is 5.32 Å². The molecule has 0 saturated heterocycles. The number of benzene rings is 1. The van der Waals surface area contributed by atoms with Gasteiger partial charge in [-0.25, -0.2) is 31.5 Å². The molecule has 3 rings (SSSR count). The van der Waals surface area contributed by atoms with Crippen LogP contribution in [0.1, 0.15) is 21.9 Å². The van der Waals surface area contributed by atoms with Crippen molar-refractivity contribution in [3.63, 3.8) is 0 Å². The predicted octanol–water partition coefficient (Wildman–Crippen LogP) is 4.66. The van der Waals surface area contributed by atoms with E-state index in [2.05, 4.69) is 10.1 Å². The first-order valence-corrected chi connectivity index (χ1v) is 7.68. The average molecular weight is 445 g/mol. The van der Waals surface area contributed by atoms with Crippen molar-refractivity contribution in [2.45, 2.75) is 13.1 Å². The maximum atomic E-state index is 13.7. The Balaban J connectivity index is 2.14. The minimum absolute atomic E-state index is 0.140. The topological polar surface area (TPSA) is 59.3 Å². The molecule has 0 bridgehead atoms. The molecule has 0 unspecified atom stereocenters. The van der Waals surface area contributed by atoms with Crippen molar-refractivity contribution in [1.82, 2.24) is 14.6 Å². The summed E-state index contributed by atoms with van der Waals surface area (Å²) < 4.78 is 107. The number of alkyl halides is 3. The summed E-state index contributed by atoms with van der Waals surface area (Å²) in [5, 5.41) is 3.96. The summed E-state index contributed by atoms with van der Waals surface area (Å²) in [4.78, 5) is 15.9. The second-order valence-electron chi connectivity index (χ2n) is 5.58. The van der Waals surface area contributed by atoms with Crippen LogP contribution in [0.3, 0.4) is 0 Å². The van der Waals surface area contributed by atoms with Gasteiger partial charge in [-0.2, -0.15) is 18.3 Å². The largest absolute Gasteiger partial charge is 0.433 e. The van der Waals surface area contributed by atoms with Crippen molar-refractivity contribution in [2.24, 2.45) is 0 Å². The van der Waals surface area contributed by atoms with Gasteiger partial charge in [0, 0.05) is 5.69 Å². The van der Waals surface area contributed by atoms with Gasteiger partial charge >= 0.3 is 6.18 Å². The number of carbonyl (C=O) groups is 1. The number of nitrogens with zero attached hydrogens (tertiary/aromatic N) is 3. The number of nitrogens with one attached hydrogen (secondary N) is 1. The van der Waals surface area contributed by atoms with Crippen LogP contribution in [0.15, 0.2) is 6.07 Å². The Kier molecular flexibility index (Phi) is 4.89. The maximum Gasteiger partial charge on any atom is 0.433 e. The third-order valence-electron chi connectivity index (χ3n) is 3.61. The van der Waals surface area contributed by atoms with Crippen LogP contribution in [0.25, 0.3) is 5.65 Å². The molecule has 0 aliphatic carbocycles. The lowest BCUT2D eigenvalue weighted by Gasteiger charge is -2.09. The number of halogens is 9. The molecule has 0 aliphatic rings. The Labute approximate surface area is 159 Å². The number of fused-ring (bicyclic) bond motifs is 1. The number of aryl methyl sites for hydroxylation is 1. The maximum absolute atomic E-state index is 13.7. The molecule has 154 valence electrons. The van der Waals surface area contributed by atoms with E-state index in [1.807, 2.05) is 0 Å². The van der Waals surface area contributed by atoms with Gasteiger partial charge in [-0.05, 0) is 13.0 Å². The highest BCUT2D eigenvalue weighted by Crippen LogP contribution is 2.33. The molecule has 0 atom stereocenters. The average Bonchev–Trinajstić information content (AvgIpc) is 2.97. The van der Waals surface area contributed by atoms with Crippen LogP contribution in [-0.2, 0) is 6.18 Å². The van der Waals surface area contributed by atoms with Crippen LogP contribution in [0, 0.1) is 36.0 Å². The van der Waals surface area contributed by atoms with Gasteiger partial charge in [0.1, 0.15) is 16.4 Å². The quantitative estimate of drug-likeness (QED) is 0.355. The van der Waals surface area contributed by atoms with Crippen molar-refractivity contribution in [3.05, 3.63) is 57.3 Å². The summed E-state index contributed by atoms with van der Waals surface area (Å²) in [6.07, 6.45) is -4.93. The Bertz CT molecular complexity index is 1140. The number of rotatable bonds is 2. The third-order valence-corrected chi connectivity index (χ3v) is 3.96. The monoisotopic (exact) mass is 444 g/mol. The molecule has 0 spiro atoms. The standard InChI is InChI=1S/C15H5ClF8N4O/c1-3-2-4(15(22,23)24)28-13(25-3)5(16)11(27-28)14(29)26-12-9(20)7(18)6(17)8(19)10(12)21/h2H,1H3,(H,26,29). The van der Waals surface area contributed by atoms with E-state index in [4.69, 9.17) is 11.6 Å². The Morgan fingerprint density at radius 1 is 1.03 bits per heavy atom. The lowest BCUT2D eigenvalue weighted by Crippen LogP contribution is -2.18. The summed E-state index contributed by atoms with van der Waals surface area (Å²) >= 11 is 5.81. The molecule has 1 amide bonds. The number of aromatic nitrogens is 3. The first-order valence-electron chi connectivity index (χ1n) is 7.30. The predicted molar refractivity (Wildman–Crippen MR) is 81.9 cm³/mol. The van der Waals surface area contributed by atoms with Gasteiger partial charge in [-0.15, -0.1) is 0 Å². The van der Waals surface area contributed by atoms with Crippen molar-refractivity contribution < 1.29 is 39.9 Å². The van der Waals surface area contributed by atoms with Gasteiger partial charge in [0.15, 0.2) is 34.6 Å². The lowest BCUT2D eigenvalue weighted by atomic mass is 10.2. The van der Waals surface area contributed by atoms with Crippen LogP contribution in [0.4, 0.5) is 40.8 Å². The van der Waals surface area contributed by atoms with E-state index < -0.39 is 68.9 Å². The van der Waals surface area contributed by atoms with E-state index in [1.54, 1.807) is 0 Å². The zero-order chi connectivity index (χ0) is 21.8. The van der Waals surface area contributed by atoms with Gasteiger partial charge in [0.05, 0.1) is 0 Å². The Hall–Kier alpha value is -2.96. The zero-order valence-corrected chi connectivity index (χ0v) is 14.5.